The van der Waals surface area contributed by atoms with Gasteiger partial charge in [-0.25, -0.2) is 9.59 Å². The maximum Gasteiger partial charge on any atom is 0.407 e. The van der Waals surface area contributed by atoms with Crippen molar-refractivity contribution in [2.75, 3.05) is 0 Å². The van der Waals surface area contributed by atoms with Crippen LogP contribution < -0.4 is 10.6 Å². The van der Waals surface area contributed by atoms with Crippen molar-refractivity contribution < 1.29 is 29.0 Å². The van der Waals surface area contributed by atoms with Crippen molar-refractivity contribution >= 4 is 18.2 Å². The van der Waals surface area contributed by atoms with Gasteiger partial charge in [0.15, 0.2) is 0 Å². The summed E-state index contributed by atoms with van der Waals surface area (Å²) in [5.74, 6) is -1.61. The molecule has 8 nitrogen and oxygen atoms in total. The second kappa shape index (κ2) is 7.27. The maximum absolute atomic E-state index is 11.9. The highest BCUT2D eigenvalue weighted by Crippen LogP contribution is 2.27. The van der Waals surface area contributed by atoms with Crippen LogP contribution in [0.5, 0.6) is 0 Å². The predicted molar refractivity (Wildman–Crippen MR) is 86.7 cm³/mol. The van der Waals surface area contributed by atoms with E-state index in [9.17, 15) is 19.5 Å². The van der Waals surface area contributed by atoms with Gasteiger partial charge in [-0.3, -0.25) is 4.79 Å². The second-order valence-corrected chi connectivity index (χ2v) is 8.01. The fourth-order valence-electron chi connectivity index (χ4n) is 2.48. The van der Waals surface area contributed by atoms with Crippen LogP contribution in [0.25, 0.3) is 0 Å². The zero-order valence-electron chi connectivity index (χ0n) is 15.1. The summed E-state index contributed by atoms with van der Waals surface area (Å²) < 4.78 is 10.4. The molecule has 0 aliphatic heterocycles. The number of nitrogens with one attached hydrogen (secondary N) is 2. The van der Waals surface area contributed by atoms with E-state index in [2.05, 4.69) is 10.6 Å². The minimum Gasteiger partial charge on any atom is -0.481 e. The number of carbonyl (C=O) groups excluding carboxylic acids is 2. The van der Waals surface area contributed by atoms with Crippen molar-refractivity contribution in [1.82, 2.24) is 10.6 Å². The van der Waals surface area contributed by atoms with Gasteiger partial charge in [0.1, 0.15) is 11.2 Å². The molecule has 0 aromatic heterocycles. The molecule has 0 spiro atoms. The van der Waals surface area contributed by atoms with Gasteiger partial charge in [0, 0.05) is 0 Å². The number of amides is 2. The number of aliphatic carboxylic acids is 1. The van der Waals surface area contributed by atoms with Gasteiger partial charge in [-0.15, -0.1) is 0 Å². The normalized spacial score (nSPS) is 21.9. The van der Waals surface area contributed by atoms with Crippen LogP contribution in [-0.2, 0) is 14.3 Å². The summed E-state index contributed by atoms with van der Waals surface area (Å²) in [5.41, 5.74) is -1.33. The van der Waals surface area contributed by atoms with Crippen molar-refractivity contribution in [2.45, 2.75) is 77.7 Å². The Bertz CT molecular complexity index is 454. The lowest BCUT2D eigenvalue weighted by molar-refractivity contribution is -0.141. The van der Waals surface area contributed by atoms with Gasteiger partial charge in [-0.05, 0) is 54.4 Å². The number of alkyl carbamates (subject to hydrolysis) is 2. The molecule has 1 rings (SSSR count). The third-order valence-corrected chi connectivity index (χ3v) is 3.32. The van der Waals surface area contributed by atoms with E-state index in [0.717, 1.165) is 0 Å². The SMILES string of the molecule is CC(C)(C)OC(=O)N[C@H]1CC(C(=O)O)C[C@@H]1NC(=O)OC(C)(C)C. The topological polar surface area (TPSA) is 114 Å². The molecule has 0 radical (unpaired) electrons. The van der Waals surface area contributed by atoms with Crippen LogP contribution in [-0.4, -0.2) is 46.5 Å². The standard InChI is InChI=1S/C16H28N2O6/c1-15(2,3)23-13(21)17-10-7-9(12(19)20)8-11(10)18-14(22)24-16(4,5)6/h9-11H,7-8H2,1-6H3,(H,17,21)(H,18,22)(H,19,20)/t10-,11-/m0/s1. The molecule has 3 N–H and O–H groups in total. The van der Waals surface area contributed by atoms with Gasteiger partial charge in [0.05, 0.1) is 18.0 Å². The molecule has 1 aliphatic carbocycles. The first kappa shape index (κ1) is 20.1. The fraction of sp³-hybridized carbons (Fsp3) is 0.812. The average Bonchev–Trinajstić information content (AvgIpc) is 2.67. The lowest BCUT2D eigenvalue weighted by atomic mass is 10.1. The molecule has 0 aromatic carbocycles. The predicted octanol–water partition coefficient (Wildman–Crippen LogP) is 2.27. The first-order valence-electron chi connectivity index (χ1n) is 7.98. The molecule has 0 aromatic rings. The number of carbonyl (C=O) groups is 3. The highest BCUT2D eigenvalue weighted by molar-refractivity contribution is 5.73. The third-order valence-electron chi connectivity index (χ3n) is 3.32. The van der Waals surface area contributed by atoms with Crippen molar-refractivity contribution in [2.24, 2.45) is 5.92 Å². The summed E-state index contributed by atoms with van der Waals surface area (Å²) in [5, 5.41) is 14.5. The molecule has 0 bridgehead atoms. The Hall–Kier alpha value is -1.99. The van der Waals surface area contributed by atoms with E-state index in [1.807, 2.05) is 0 Å². The molecule has 8 heteroatoms. The number of hydrogen-bond acceptors (Lipinski definition) is 5. The molecule has 1 fully saturated rings. The summed E-state index contributed by atoms with van der Waals surface area (Å²) in [4.78, 5) is 35.1. The molecular weight excluding hydrogens is 316 g/mol. The van der Waals surface area contributed by atoms with Crippen LogP contribution in [0, 0.1) is 5.92 Å². The van der Waals surface area contributed by atoms with E-state index < -0.39 is 47.4 Å². The van der Waals surface area contributed by atoms with Crippen molar-refractivity contribution in [3.05, 3.63) is 0 Å². The number of ether oxygens (including phenoxy) is 2. The van der Waals surface area contributed by atoms with Crippen LogP contribution in [0.1, 0.15) is 54.4 Å². The summed E-state index contributed by atoms with van der Waals surface area (Å²) in [6.45, 7) is 10.4. The molecule has 24 heavy (non-hydrogen) atoms. The summed E-state index contributed by atoms with van der Waals surface area (Å²) in [7, 11) is 0. The van der Waals surface area contributed by atoms with Crippen LogP contribution in [0.2, 0.25) is 0 Å². The molecule has 0 saturated heterocycles. The molecule has 2 amide bonds. The molecule has 0 unspecified atom stereocenters. The van der Waals surface area contributed by atoms with E-state index >= 15 is 0 Å². The third kappa shape index (κ3) is 7.06. The molecule has 1 saturated carbocycles. The summed E-state index contributed by atoms with van der Waals surface area (Å²) in [6, 6.07) is -1.07. The zero-order valence-corrected chi connectivity index (χ0v) is 15.1. The highest BCUT2D eigenvalue weighted by atomic mass is 16.6. The van der Waals surface area contributed by atoms with E-state index in [0.29, 0.717) is 0 Å². The number of carboxylic acids is 1. The minimum atomic E-state index is -0.959. The summed E-state index contributed by atoms with van der Waals surface area (Å²) in [6.07, 6.45) is -0.853. The van der Waals surface area contributed by atoms with E-state index in [4.69, 9.17) is 9.47 Å². The van der Waals surface area contributed by atoms with Crippen molar-refractivity contribution in [1.29, 1.82) is 0 Å². The second-order valence-electron chi connectivity index (χ2n) is 8.01. The largest absolute Gasteiger partial charge is 0.481 e. The van der Waals surface area contributed by atoms with Gasteiger partial charge in [-0.1, -0.05) is 0 Å². The van der Waals surface area contributed by atoms with Crippen LogP contribution in [0.4, 0.5) is 9.59 Å². The van der Waals surface area contributed by atoms with Crippen LogP contribution in [0.15, 0.2) is 0 Å². The highest BCUT2D eigenvalue weighted by Gasteiger charge is 2.40. The minimum absolute atomic E-state index is 0.217. The van der Waals surface area contributed by atoms with E-state index in [1.54, 1.807) is 41.5 Å². The average molecular weight is 344 g/mol. The quantitative estimate of drug-likeness (QED) is 0.723. The van der Waals surface area contributed by atoms with E-state index in [1.165, 1.54) is 0 Å². The fourth-order valence-corrected chi connectivity index (χ4v) is 2.48. The molecular formula is C16H28N2O6. The first-order chi connectivity index (χ1) is 10.8. The van der Waals surface area contributed by atoms with Gasteiger partial charge < -0.3 is 25.2 Å². The Balaban J connectivity index is 2.73. The molecule has 138 valence electrons. The summed E-state index contributed by atoms with van der Waals surface area (Å²) >= 11 is 0. The van der Waals surface area contributed by atoms with Gasteiger partial charge in [0.2, 0.25) is 0 Å². The smallest absolute Gasteiger partial charge is 0.407 e. The number of carboxylic acid groups (broad SMARTS) is 1. The van der Waals surface area contributed by atoms with Crippen LogP contribution >= 0.6 is 0 Å². The molecule has 1 aliphatic rings. The van der Waals surface area contributed by atoms with Gasteiger partial charge in [0.25, 0.3) is 0 Å². The Morgan fingerprint density at radius 1 is 0.833 bits per heavy atom. The number of rotatable bonds is 3. The molecule has 2 atom stereocenters. The zero-order chi connectivity index (χ0) is 18.7. The Morgan fingerprint density at radius 3 is 1.42 bits per heavy atom. The van der Waals surface area contributed by atoms with Gasteiger partial charge in [-0.2, -0.15) is 0 Å². The maximum atomic E-state index is 11.9. The van der Waals surface area contributed by atoms with Crippen molar-refractivity contribution in [3.63, 3.8) is 0 Å². The number of hydrogen-bond donors (Lipinski definition) is 3. The first-order valence-corrected chi connectivity index (χ1v) is 7.98. The lowest BCUT2D eigenvalue weighted by Crippen LogP contribution is -2.50. The Labute approximate surface area is 142 Å². The van der Waals surface area contributed by atoms with Crippen molar-refractivity contribution in [3.8, 4) is 0 Å². The molecule has 0 heterocycles. The van der Waals surface area contributed by atoms with Gasteiger partial charge >= 0.3 is 18.2 Å². The van der Waals surface area contributed by atoms with E-state index in [-0.39, 0.29) is 12.8 Å². The Kier molecular flexibility index (Phi) is 6.08. The lowest BCUT2D eigenvalue weighted by Gasteiger charge is -2.26. The Morgan fingerprint density at radius 2 is 1.17 bits per heavy atom. The monoisotopic (exact) mass is 344 g/mol. The van der Waals surface area contributed by atoms with Crippen LogP contribution in [0.3, 0.4) is 0 Å².